The maximum Gasteiger partial charge on any atom is 0.287 e. The number of amides is 1. The fourth-order valence-corrected chi connectivity index (χ4v) is 2.71. The molecular formula is C13H20BrNO2. The van der Waals surface area contributed by atoms with E-state index in [4.69, 9.17) is 4.42 Å². The molecule has 1 amide bonds. The lowest BCUT2D eigenvalue weighted by molar-refractivity contribution is 0.0923. The van der Waals surface area contributed by atoms with Crippen molar-refractivity contribution in [3.8, 4) is 0 Å². The van der Waals surface area contributed by atoms with Crippen LogP contribution in [0, 0.1) is 12.8 Å². The zero-order chi connectivity index (χ0) is 12.8. The first-order valence-electron chi connectivity index (χ1n) is 6.07. The van der Waals surface area contributed by atoms with Gasteiger partial charge in [-0.1, -0.05) is 42.6 Å². The Bertz CT molecular complexity index is 358. The number of nitrogens with one attached hydrogen (secondary N) is 1. The summed E-state index contributed by atoms with van der Waals surface area (Å²) in [4.78, 5) is 12.1. The van der Waals surface area contributed by atoms with Crippen molar-refractivity contribution in [2.75, 3.05) is 6.54 Å². The Hall–Kier alpha value is -0.770. The highest BCUT2D eigenvalue weighted by Gasteiger charge is 2.17. The van der Waals surface area contributed by atoms with E-state index in [0.717, 1.165) is 18.6 Å². The summed E-state index contributed by atoms with van der Waals surface area (Å²) < 4.78 is 5.26. The predicted molar refractivity (Wildman–Crippen MR) is 72.6 cm³/mol. The van der Waals surface area contributed by atoms with Crippen LogP contribution >= 0.6 is 15.9 Å². The Labute approximate surface area is 111 Å². The Kier molecular flexibility index (Phi) is 5.75. The molecular weight excluding hydrogens is 282 g/mol. The molecule has 0 saturated heterocycles. The molecule has 0 spiro atoms. The third kappa shape index (κ3) is 4.19. The Balaban J connectivity index is 2.43. The molecule has 3 nitrogen and oxygen atoms in total. The van der Waals surface area contributed by atoms with Gasteiger partial charge in [0.1, 0.15) is 5.76 Å². The van der Waals surface area contributed by atoms with Crippen LogP contribution in [0.25, 0.3) is 0 Å². The van der Waals surface area contributed by atoms with Crippen LogP contribution < -0.4 is 5.32 Å². The molecule has 0 fully saturated rings. The topological polar surface area (TPSA) is 42.2 Å². The van der Waals surface area contributed by atoms with Gasteiger partial charge in [-0.15, -0.1) is 0 Å². The summed E-state index contributed by atoms with van der Waals surface area (Å²) >= 11 is 3.63. The van der Waals surface area contributed by atoms with E-state index in [9.17, 15) is 4.79 Å². The minimum atomic E-state index is -0.145. The van der Waals surface area contributed by atoms with Gasteiger partial charge in [0.05, 0.1) is 0 Å². The first-order valence-corrected chi connectivity index (χ1v) is 6.98. The minimum absolute atomic E-state index is 0.145. The number of alkyl halides is 1. The molecule has 0 aliphatic carbocycles. The van der Waals surface area contributed by atoms with Gasteiger partial charge in [-0.25, -0.2) is 0 Å². The van der Waals surface area contributed by atoms with Gasteiger partial charge in [-0.3, -0.25) is 4.79 Å². The number of rotatable bonds is 6. The number of halogens is 1. The lowest BCUT2D eigenvalue weighted by atomic mass is 9.99. The molecule has 0 aromatic carbocycles. The molecule has 0 radical (unpaired) electrons. The number of hydrogen-bond donors (Lipinski definition) is 1. The van der Waals surface area contributed by atoms with Crippen molar-refractivity contribution >= 4 is 21.8 Å². The monoisotopic (exact) mass is 301 g/mol. The highest BCUT2D eigenvalue weighted by molar-refractivity contribution is 9.09. The fraction of sp³-hybridized carbons (Fsp3) is 0.615. The van der Waals surface area contributed by atoms with Gasteiger partial charge in [0.25, 0.3) is 5.91 Å². The molecule has 1 aromatic heterocycles. The first kappa shape index (κ1) is 14.3. The molecule has 17 heavy (non-hydrogen) atoms. The maximum atomic E-state index is 11.7. The molecule has 1 heterocycles. The van der Waals surface area contributed by atoms with Crippen molar-refractivity contribution in [3.05, 3.63) is 23.7 Å². The third-order valence-corrected chi connectivity index (χ3v) is 4.05. The summed E-state index contributed by atoms with van der Waals surface area (Å²) in [6.45, 7) is 6.79. The molecule has 1 rings (SSSR count). The van der Waals surface area contributed by atoms with E-state index in [2.05, 4.69) is 35.1 Å². The standard InChI is InChI=1S/C13H20BrNO2/c1-4-10(5-2)11(14)8-15-13(16)12-7-6-9(3)17-12/h6-7,10-11H,4-5,8H2,1-3H3,(H,15,16). The zero-order valence-corrected chi connectivity index (χ0v) is 12.2. The smallest absolute Gasteiger partial charge is 0.287 e. The summed E-state index contributed by atoms with van der Waals surface area (Å²) in [7, 11) is 0. The van der Waals surface area contributed by atoms with Crippen molar-refractivity contribution in [2.24, 2.45) is 5.92 Å². The number of carbonyl (C=O) groups excluding carboxylic acids is 1. The predicted octanol–water partition coefficient (Wildman–Crippen LogP) is 3.52. The summed E-state index contributed by atoms with van der Waals surface area (Å²) in [6, 6.07) is 3.49. The number of hydrogen-bond acceptors (Lipinski definition) is 2. The highest BCUT2D eigenvalue weighted by Crippen LogP contribution is 2.19. The molecule has 0 aliphatic rings. The van der Waals surface area contributed by atoms with Crippen LogP contribution in [0.2, 0.25) is 0 Å². The van der Waals surface area contributed by atoms with Crippen LogP contribution in [0.4, 0.5) is 0 Å². The lowest BCUT2D eigenvalue weighted by Gasteiger charge is -2.19. The number of aryl methyl sites for hydroxylation is 1. The Morgan fingerprint density at radius 2 is 2.06 bits per heavy atom. The van der Waals surface area contributed by atoms with Gasteiger partial charge < -0.3 is 9.73 Å². The van der Waals surface area contributed by atoms with Gasteiger partial charge in [-0.2, -0.15) is 0 Å². The van der Waals surface area contributed by atoms with Crippen LogP contribution in [-0.4, -0.2) is 17.3 Å². The summed E-state index contributed by atoms with van der Waals surface area (Å²) in [5.74, 6) is 1.58. The molecule has 1 unspecified atom stereocenters. The van der Waals surface area contributed by atoms with Crippen LogP contribution in [0.5, 0.6) is 0 Å². The SMILES string of the molecule is CCC(CC)C(Br)CNC(=O)c1ccc(C)o1. The van der Waals surface area contributed by atoms with E-state index in [1.165, 1.54) is 0 Å². The van der Waals surface area contributed by atoms with Gasteiger partial charge >= 0.3 is 0 Å². The van der Waals surface area contributed by atoms with E-state index in [-0.39, 0.29) is 5.91 Å². The van der Waals surface area contributed by atoms with E-state index in [0.29, 0.717) is 23.1 Å². The second kappa shape index (κ2) is 6.84. The van der Waals surface area contributed by atoms with Crippen molar-refractivity contribution in [1.29, 1.82) is 0 Å². The molecule has 1 atom stereocenters. The van der Waals surface area contributed by atoms with E-state index >= 15 is 0 Å². The van der Waals surface area contributed by atoms with Gasteiger partial charge in [0.2, 0.25) is 0 Å². The van der Waals surface area contributed by atoms with Gasteiger partial charge in [0, 0.05) is 11.4 Å². The minimum Gasteiger partial charge on any atom is -0.456 e. The Morgan fingerprint density at radius 3 is 2.53 bits per heavy atom. The first-order chi connectivity index (χ1) is 8.08. The molecule has 1 N–H and O–H groups in total. The second-order valence-electron chi connectivity index (χ2n) is 4.21. The van der Waals surface area contributed by atoms with Crippen LogP contribution in [0.3, 0.4) is 0 Å². The maximum absolute atomic E-state index is 11.7. The molecule has 96 valence electrons. The lowest BCUT2D eigenvalue weighted by Crippen LogP contribution is -2.32. The van der Waals surface area contributed by atoms with Crippen molar-refractivity contribution in [2.45, 2.75) is 38.4 Å². The molecule has 0 saturated carbocycles. The van der Waals surface area contributed by atoms with Crippen molar-refractivity contribution in [3.63, 3.8) is 0 Å². The zero-order valence-electron chi connectivity index (χ0n) is 10.6. The van der Waals surface area contributed by atoms with E-state index < -0.39 is 0 Å². The molecule has 1 aromatic rings. The van der Waals surface area contributed by atoms with Crippen molar-refractivity contribution in [1.82, 2.24) is 5.32 Å². The average molecular weight is 302 g/mol. The number of carbonyl (C=O) groups is 1. The molecule has 0 bridgehead atoms. The van der Waals surface area contributed by atoms with Crippen LogP contribution in [0.15, 0.2) is 16.5 Å². The summed E-state index contributed by atoms with van der Waals surface area (Å²) in [5.41, 5.74) is 0. The third-order valence-electron chi connectivity index (χ3n) is 2.98. The van der Waals surface area contributed by atoms with Gasteiger partial charge in [0.15, 0.2) is 5.76 Å². The largest absolute Gasteiger partial charge is 0.456 e. The fourth-order valence-electron chi connectivity index (χ4n) is 1.80. The molecule has 4 heteroatoms. The Morgan fingerprint density at radius 1 is 1.41 bits per heavy atom. The quantitative estimate of drug-likeness (QED) is 0.817. The van der Waals surface area contributed by atoms with Crippen molar-refractivity contribution < 1.29 is 9.21 Å². The highest BCUT2D eigenvalue weighted by atomic mass is 79.9. The van der Waals surface area contributed by atoms with Gasteiger partial charge in [-0.05, 0) is 25.0 Å². The second-order valence-corrected chi connectivity index (χ2v) is 5.39. The van der Waals surface area contributed by atoms with E-state index in [1.807, 2.05) is 6.92 Å². The summed E-state index contributed by atoms with van der Waals surface area (Å²) in [5, 5.41) is 2.88. The number of furan rings is 1. The normalized spacial score (nSPS) is 12.8. The average Bonchev–Trinajstić information content (AvgIpc) is 2.74. The van der Waals surface area contributed by atoms with Crippen LogP contribution in [-0.2, 0) is 0 Å². The summed E-state index contributed by atoms with van der Waals surface area (Å²) in [6.07, 6.45) is 2.23. The molecule has 0 aliphatic heterocycles. The van der Waals surface area contributed by atoms with Crippen LogP contribution in [0.1, 0.15) is 43.0 Å². The van der Waals surface area contributed by atoms with E-state index in [1.54, 1.807) is 12.1 Å².